The van der Waals surface area contributed by atoms with Crippen molar-refractivity contribution in [3.05, 3.63) is 29.8 Å². The number of hydrogen-bond donors (Lipinski definition) is 3. The molecule has 4 N–H and O–H groups in total. The number of para-hydroxylation sites is 1. The Morgan fingerprint density at radius 2 is 2.00 bits per heavy atom. The molecule has 1 aromatic carbocycles. The number of anilines is 1. The maximum absolute atomic E-state index is 12.1. The lowest BCUT2D eigenvalue weighted by atomic mass is 9.89. The third kappa shape index (κ3) is 5.21. The molecule has 1 aromatic rings. The first-order chi connectivity index (χ1) is 11.0. The fraction of sp³-hybridized carbons (Fsp3) is 0.556. The van der Waals surface area contributed by atoms with Gasteiger partial charge in [-0.15, -0.1) is 12.4 Å². The molecule has 1 aliphatic heterocycles. The summed E-state index contributed by atoms with van der Waals surface area (Å²) in [5.74, 6) is -0.171. The molecule has 134 valence electrons. The van der Waals surface area contributed by atoms with Crippen LogP contribution in [0.4, 0.5) is 5.69 Å². The Bertz CT molecular complexity index is 573. The molecule has 0 aromatic heterocycles. The van der Waals surface area contributed by atoms with Gasteiger partial charge < -0.3 is 16.4 Å². The van der Waals surface area contributed by atoms with E-state index in [1.807, 2.05) is 38.1 Å². The first-order valence-corrected chi connectivity index (χ1v) is 8.41. The highest BCUT2D eigenvalue weighted by atomic mass is 35.5. The van der Waals surface area contributed by atoms with Gasteiger partial charge in [-0.2, -0.15) is 0 Å². The minimum Gasteiger partial charge on any atom is -0.354 e. The molecule has 1 aliphatic rings. The molecule has 1 unspecified atom stereocenters. The van der Waals surface area contributed by atoms with Crippen LogP contribution in [0, 0.1) is 5.92 Å². The number of halogens is 1. The molecule has 5 nitrogen and oxygen atoms in total. The SMILES string of the molecule is CCC(N)(CC)CNC(=O)CCC1Cc2ccccc2NC1=O.Cl. The summed E-state index contributed by atoms with van der Waals surface area (Å²) in [5, 5.41) is 5.82. The van der Waals surface area contributed by atoms with Gasteiger partial charge >= 0.3 is 0 Å². The van der Waals surface area contributed by atoms with Gasteiger partial charge in [0, 0.05) is 30.1 Å². The predicted molar refractivity (Wildman–Crippen MR) is 99.3 cm³/mol. The Balaban J connectivity index is 0.00000288. The lowest BCUT2D eigenvalue weighted by Gasteiger charge is -2.27. The molecule has 2 rings (SSSR count). The summed E-state index contributed by atoms with van der Waals surface area (Å²) in [7, 11) is 0. The summed E-state index contributed by atoms with van der Waals surface area (Å²) in [6.07, 6.45) is 3.25. The van der Waals surface area contributed by atoms with Crippen LogP contribution < -0.4 is 16.4 Å². The van der Waals surface area contributed by atoms with Crippen molar-refractivity contribution in [3.63, 3.8) is 0 Å². The van der Waals surface area contributed by atoms with Crippen LogP contribution in [-0.4, -0.2) is 23.9 Å². The number of hydrogen-bond acceptors (Lipinski definition) is 3. The molecule has 6 heteroatoms. The van der Waals surface area contributed by atoms with Gasteiger partial charge in [-0.1, -0.05) is 32.0 Å². The number of carbonyl (C=O) groups is 2. The van der Waals surface area contributed by atoms with Gasteiger partial charge in [-0.05, 0) is 37.3 Å². The Kier molecular flexibility index (Phi) is 7.70. The van der Waals surface area contributed by atoms with E-state index in [0.29, 0.717) is 25.8 Å². The maximum atomic E-state index is 12.1. The van der Waals surface area contributed by atoms with Crippen molar-refractivity contribution in [3.8, 4) is 0 Å². The number of amides is 2. The third-order valence-corrected chi connectivity index (χ3v) is 4.88. The molecular weight excluding hydrogens is 326 g/mol. The van der Waals surface area contributed by atoms with Crippen molar-refractivity contribution in [2.24, 2.45) is 11.7 Å². The van der Waals surface area contributed by atoms with Crippen LogP contribution in [0.2, 0.25) is 0 Å². The molecule has 0 radical (unpaired) electrons. The van der Waals surface area contributed by atoms with E-state index in [1.54, 1.807) is 0 Å². The van der Waals surface area contributed by atoms with E-state index in [0.717, 1.165) is 24.1 Å². The summed E-state index contributed by atoms with van der Waals surface area (Å²) < 4.78 is 0. The molecule has 2 amide bonds. The van der Waals surface area contributed by atoms with Crippen molar-refractivity contribution in [2.45, 2.75) is 51.5 Å². The average molecular weight is 354 g/mol. The highest BCUT2D eigenvalue weighted by Gasteiger charge is 2.26. The van der Waals surface area contributed by atoms with Crippen molar-refractivity contribution in [1.82, 2.24) is 5.32 Å². The molecule has 24 heavy (non-hydrogen) atoms. The van der Waals surface area contributed by atoms with Gasteiger partial charge in [0.1, 0.15) is 0 Å². The van der Waals surface area contributed by atoms with Crippen LogP contribution in [0.25, 0.3) is 0 Å². The third-order valence-electron chi connectivity index (χ3n) is 4.88. The Morgan fingerprint density at radius 1 is 1.33 bits per heavy atom. The van der Waals surface area contributed by atoms with E-state index < -0.39 is 0 Å². The van der Waals surface area contributed by atoms with Gasteiger partial charge in [0.15, 0.2) is 0 Å². The minimum atomic E-state index is -0.336. The van der Waals surface area contributed by atoms with E-state index >= 15 is 0 Å². The highest BCUT2D eigenvalue weighted by Crippen LogP contribution is 2.27. The number of nitrogens with two attached hydrogens (primary N) is 1. The predicted octanol–water partition coefficient (Wildman–Crippen LogP) is 2.63. The largest absolute Gasteiger partial charge is 0.354 e. The molecule has 0 fully saturated rings. The number of benzene rings is 1. The lowest BCUT2D eigenvalue weighted by molar-refractivity contribution is -0.123. The zero-order valence-electron chi connectivity index (χ0n) is 14.4. The molecule has 0 saturated carbocycles. The maximum Gasteiger partial charge on any atom is 0.227 e. The van der Waals surface area contributed by atoms with Crippen LogP contribution in [0.5, 0.6) is 0 Å². The normalized spacial score (nSPS) is 16.6. The molecule has 0 spiro atoms. The van der Waals surface area contributed by atoms with Crippen molar-refractivity contribution in [2.75, 3.05) is 11.9 Å². The van der Waals surface area contributed by atoms with Crippen LogP contribution in [0.3, 0.4) is 0 Å². The molecule has 0 bridgehead atoms. The van der Waals surface area contributed by atoms with E-state index in [-0.39, 0.29) is 35.7 Å². The first-order valence-electron chi connectivity index (χ1n) is 8.41. The summed E-state index contributed by atoms with van der Waals surface area (Å²) in [6.45, 7) is 4.54. The van der Waals surface area contributed by atoms with Crippen LogP contribution in [0.15, 0.2) is 24.3 Å². The van der Waals surface area contributed by atoms with Crippen LogP contribution >= 0.6 is 12.4 Å². The average Bonchev–Trinajstić information content (AvgIpc) is 2.57. The molecule has 1 atom stereocenters. The van der Waals surface area contributed by atoms with E-state index in [9.17, 15) is 9.59 Å². The number of fused-ring (bicyclic) bond motifs is 1. The first kappa shape index (κ1) is 20.5. The van der Waals surface area contributed by atoms with Crippen LogP contribution in [-0.2, 0) is 16.0 Å². The minimum absolute atomic E-state index is 0. The van der Waals surface area contributed by atoms with Gasteiger partial charge in [0.05, 0.1) is 0 Å². The second-order valence-corrected chi connectivity index (χ2v) is 6.43. The number of carbonyl (C=O) groups excluding carboxylic acids is 2. The summed E-state index contributed by atoms with van der Waals surface area (Å²) >= 11 is 0. The highest BCUT2D eigenvalue weighted by molar-refractivity contribution is 5.96. The molecular formula is C18H28ClN3O2. The van der Waals surface area contributed by atoms with Gasteiger partial charge in [-0.25, -0.2) is 0 Å². The summed E-state index contributed by atoms with van der Waals surface area (Å²) in [4.78, 5) is 24.1. The van der Waals surface area contributed by atoms with Gasteiger partial charge in [0.25, 0.3) is 0 Å². The van der Waals surface area contributed by atoms with Crippen molar-refractivity contribution >= 4 is 29.9 Å². The van der Waals surface area contributed by atoms with E-state index in [4.69, 9.17) is 5.73 Å². The smallest absolute Gasteiger partial charge is 0.227 e. The summed E-state index contributed by atoms with van der Waals surface area (Å²) in [5.41, 5.74) is 7.86. The fourth-order valence-corrected chi connectivity index (χ4v) is 2.81. The zero-order valence-corrected chi connectivity index (χ0v) is 15.2. The summed E-state index contributed by atoms with van der Waals surface area (Å²) in [6, 6.07) is 7.81. The fourth-order valence-electron chi connectivity index (χ4n) is 2.81. The van der Waals surface area contributed by atoms with Gasteiger partial charge in [0.2, 0.25) is 11.8 Å². The molecule has 1 heterocycles. The second-order valence-electron chi connectivity index (χ2n) is 6.43. The Hall–Kier alpha value is -1.59. The zero-order chi connectivity index (χ0) is 16.9. The van der Waals surface area contributed by atoms with E-state index in [2.05, 4.69) is 10.6 Å². The topological polar surface area (TPSA) is 84.2 Å². The number of rotatable bonds is 7. The quantitative estimate of drug-likeness (QED) is 0.704. The monoisotopic (exact) mass is 353 g/mol. The molecule has 0 aliphatic carbocycles. The number of nitrogens with one attached hydrogen (secondary N) is 2. The van der Waals surface area contributed by atoms with Crippen molar-refractivity contribution < 1.29 is 9.59 Å². The molecule has 0 saturated heterocycles. The Labute approximate surface area is 150 Å². The standard InChI is InChI=1S/C18H27N3O2.ClH/c1-3-18(19,4-2)12-20-16(22)10-9-14-11-13-7-5-6-8-15(13)21-17(14)23;/h5-8,14H,3-4,9-12,19H2,1-2H3,(H,20,22)(H,21,23);1H. The van der Waals surface area contributed by atoms with Crippen molar-refractivity contribution in [1.29, 1.82) is 0 Å². The van der Waals surface area contributed by atoms with Crippen LogP contribution in [0.1, 0.15) is 45.1 Å². The lowest BCUT2D eigenvalue weighted by Crippen LogP contribution is -2.49. The van der Waals surface area contributed by atoms with Gasteiger partial charge in [-0.3, -0.25) is 9.59 Å². The second kappa shape index (κ2) is 9.04. The van der Waals surface area contributed by atoms with E-state index in [1.165, 1.54) is 0 Å². The Morgan fingerprint density at radius 3 is 2.67 bits per heavy atom.